The van der Waals surface area contributed by atoms with Crippen LogP contribution in [0.15, 0.2) is 57.9 Å². The number of rotatable bonds is 6. The third-order valence-corrected chi connectivity index (χ3v) is 8.72. The first-order chi connectivity index (χ1) is 22.2. The van der Waals surface area contributed by atoms with Crippen molar-refractivity contribution in [1.29, 1.82) is 0 Å². The summed E-state index contributed by atoms with van der Waals surface area (Å²) in [5.74, 6) is -1.44. The highest BCUT2D eigenvalue weighted by Crippen LogP contribution is 2.37. The van der Waals surface area contributed by atoms with Gasteiger partial charge in [0.05, 0.1) is 26.9 Å². The molecule has 1 amide bonds. The first-order valence-corrected chi connectivity index (χ1v) is 16.3. The Morgan fingerprint density at radius 2 is 1.83 bits per heavy atom. The zero-order valence-electron chi connectivity index (χ0n) is 27.6. The average Bonchev–Trinajstić information content (AvgIpc) is 3.01. The van der Waals surface area contributed by atoms with E-state index in [-0.39, 0.29) is 58.4 Å². The van der Waals surface area contributed by atoms with E-state index in [4.69, 9.17) is 9.47 Å². The van der Waals surface area contributed by atoms with Gasteiger partial charge in [-0.15, -0.1) is 0 Å². The van der Waals surface area contributed by atoms with Crippen LogP contribution in [-0.4, -0.2) is 62.8 Å². The number of halogens is 2. The Morgan fingerprint density at radius 1 is 1.13 bits per heavy atom. The van der Waals surface area contributed by atoms with Crippen molar-refractivity contribution < 1.29 is 23.5 Å². The molecule has 5 rings (SSSR count). The number of hydrogen-bond donors (Lipinski definition) is 0. The molecule has 0 N–H and O–H groups in total. The molecule has 1 fully saturated rings. The smallest absolute Gasteiger partial charge is 0.410 e. The van der Waals surface area contributed by atoms with E-state index in [1.165, 1.54) is 10.6 Å². The van der Waals surface area contributed by atoms with E-state index in [1.807, 2.05) is 62.9 Å². The summed E-state index contributed by atoms with van der Waals surface area (Å²) < 4.78 is 29.1. The van der Waals surface area contributed by atoms with Crippen LogP contribution < -0.4 is 10.6 Å². The molecule has 1 aliphatic heterocycles. The summed E-state index contributed by atoms with van der Waals surface area (Å²) in [5, 5.41) is 0.243. The first kappa shape index (κ1) is 34.0. The van der Waals surface area contributed by atoms with Crippen LogP contribution in [0.1, 0.15) is 74.6 Å². The van der Waals surface area contributed by atoms with Crippen molar-refractivity contribution in [2.75, 3.05) is 24.5 Å². The second kappa shape index (κ2) is 13.4. The SMILES string of the molecule is Cc1ccnc(C(C)C)c1-n1c(=O)nc(N2CCN(C(=O)OC(C)(C)C)C[C@@H]2C)c2cc(C(=O)OCc3ccccc3)c(Br)c(F)c21. The summed E-state index contributed by atoms with van der Waals surface area (Å²) in [6, 6.07) is 12.1. The number of piperazine rings is 1. The van der Waals surface area contributed by atoms with Gasteiger partial charge in [0.2, 0.25) is 0 Å². The molecule has 2 aromatic carbocycles. The van der Waals surface area contributed by atoms with Gasteiger partial charge in [0.15, 0.2) is 5.82 Å². The van der Waals surface area contributed by atoms with E-state index in [0.717, 1.165) is 5.56 Å². The number of anilines is 1. The molecule has 47 heavy (non-hydrogen) atoms. The number of hydrogen-bond acceptors (Lipinski definition) is 8. The Kier molecular flexibility index (Phi) is 9.72. The van der Waals surface area contributed by atoms with Crippen molar-refractivity contribution in [2.24, 2.45) is 0 Å². The number of pyridine rings is 1. The Hall–Kier alpha value is -4.32. The van der Waals surface area contributed by atoms with Gasteiger partial charge in [0.25, 0.3) is 0 Å². The van der Waals surface area contributed by atoms with Gasteiger partial charge in [-0.05, 0) is 79.7 Å². The van der Waals surface area contributed by atoms with Gasteiger partial charge < -0.3 is 19.3 Å². The van der Waals surface area contributed by atoms with Crippen molar-refractivity contribution in [3.8, 4) is 5.69 Å². The molecule has 0 spiro atoms. The van der Waals surface area contributed by atoms with E-state index in [0.29, 0.717) is 23.5 Å². The van der Waals surface area contributed by atoms with Crippen LogP contribution in [0.3, 0.4) is 0 Å². The second-order valence-electron chi connectivity index (χ2n) is 13.0. The molecule has 0 radical (unpaired) electrons. The average molecular weight is 709 g/mol. The van der Waals surface area contributed by atoms with Gasteiger partial charge in [-0.1, -0.05) is 44.2 Å². The lowest BCUT2D eigenvalue weighted by Gasteiger charge is -2.41. The molecule has 1 saturated heterocycles. The number of aromatic nitrogens is 3. The number of amides is 1. The summed E-state index contributed by atoms with van der Waals surface area (Å²) in [7, 11) is 0. The molecular formula is C35H39BrFN5O5. The number of benzene rings is 2. The second-order valence-corrected chi connectivity index (χ2v) is 13.8. The number of carbonyl (C=O) groups is 2. The van der Waals surface area contributed by atoms with Crippen LogP contribution >= 0.6 is 15.9 Å². The zero-order chi connectivity index (χ0) is 34.2. The highest BCUT2D eigenvalue weighted by molar-refractivity contribution is 9.10. The molecule has 3 heterocycles. The monoisotopic (exact) mass is 707 g/mol. The lowest BCUT2D eigenvalue weighted by atomic mass is 10.0. The maximum absolute atomic E-state index is 16.8. The van der Waals surface area contributed by atoms with Crippen LogP contribution in [0.25, 0.3) is 16.6 Å². The van der Waals surface area contributed by atoms with Gasteiger partial charge in [-0.2, -0.15) is 4.98 Å². The fourth-order valence-corrected chi connectivity index (χ4v) is 6.19. The number of fused-ring (bicyclic) bond motifs is 1. The van der Waals surface area contributed by atoms with E-state index in [1.54, 1.807) is 37.9 Å². The maximum Gasteiger partial charge on any atom is 0.410 e. The van der Waals surface area contributed by atoms with E-state index < -0.39 is 29.2 Å². The molecule has 0 saturated carbocycles. The fraction of sp³-hybridized carbons (Fsp3) is 0.400. The summed E-state index contributed by atoms with van der Waals surface area (Å²) in [6.07, 6.45) is 1.21. The van der Waals surface area contributed by atoms with Gasteiger partial charge in [0, 0.05) is 37.3 Å². The molecule has 1 aliphatic rings. The van der Waals surface area contributed by atoms with E-state index in [9.17, 15) is 14.4 Å². The van der Waals surface area contributed by atoms with Crippen molar-refractivity contribution in [1.82, 2.24) is 19.4 Å². The van der Waals surface area contributed by atoms with Crippen LogP contribution in [0.2, 0.25) is 0 Å². The van der Waals surface area contributed by atoms with Crippen LogP contribution in [0.4, 0.5) is 15.0 Å². The minimum absolute atomic E-state index is 0.00728. The third-order valence-electron chi connectivity index (χ3n) is 7.95. The normalized spacial score (nSPS) is 15.3. The summed E-state index contributed by atoms with van der Waals surface area (Å²) in [5.41, 5.74) is 1.07. The molecule has 1 atom stereocenters. The molecule has 2 aromatic heterocycles. The highest BCUT2D eigenvalue weighted by Gasteiger charge is 2.34. The summed E-state index contributed by atoms with van der Waals surface area (Å²) >= 11 is 3.31. The number of nitrogens with zero attached hydrogens (tertiary/aromatic N) is 5. The standard InChI is InChI=1S/C35H39BrFN5O5/c1-20(2)28-29(21(3)13-14-38-28)42-30-25(17-24(26(36)27(30)37)32(43)46-19-23-11-9-8-10-12-23)31(39-33(42)44)41-16-15-40(18-22(41)4)34(45)47-35(5,6)7/h8-14,17,20,22H,15-16,18-19H2,1-7H3/t22-/m0/s1. The maximum atomic E-state index is 16.8. The Balaban J connectivity index is 1.68. The van der Waals surface area contributed by atoms with Crippen molar-refractivity contribution in [2.45, 2.75) is 72.6 Å². The Labute approximate surface area is 281 Å². The van der Waals surface area contributed by atoms with Crippen LogP contribution in [0.5, 0.6) is 0 Å². The minimum atomic E-state index is -0.812. The summed E-state index contributed by atoms with van der Waals surface area (Å²) in [6.45, 7) is 13.9. The van der Waals surface area contributed by atoms with E-state index >= 15 is 4.39 Å². The van der Waals surface area contributed by atoms with Crippen LogP contribution in [-0.2, 0) is 16.1 Å². The Morgan fingerprint density at radius 3 is 2.47 bits per heavy atom. The van der Waals surface area contributed by atoms with E-state index in [2.05, 4.69) is 25.9 Å². The lowest BCUT2D eigenvalue weighted by Crippen LogP contribution is -2.55. The molecular weight excluding hydrogens is 669 g/mol. The largest absolute Gasteiger partial charge is 0.457 e. The summed E-state index contributed by atoms with van der Waals surface area (Å²) in [4.78, 5) is 52.9. The van der Waals surface area contributed by atoms with Crippen LogP contribution in [0, 0.1) is 12.7 Å². The van der Waals surface area contributed by atoms with Gasteiger partial charge in [-0.25, -0.2) is 18.8 Å². The molecule has 0 unspecified atom stereocenters. The molecule has 10 nitrogen and oxygen atoms in total. The number of esters is 1. The first-order valence-electron chi connectivity index (χ1n) is 15.5. The minimum Gasteiger partial charge on any atom is -0.457 e. The molecule has 4 aromatic rings. The number of carbonyl (C=O) groups excluding carboxylic acids is 2. The Bertz CT molecular complexity index is 1890. The van der Waals surface area contributed by atoms with Crippen molar-refractivity contribution in [3.63, 3.8) is 0 Å². The van der Waals surface area contributed by atoms with Gasteiger partial charge in [0.1, 0.15) is 18.0 Å². The zero-order valence-corrected chi connectivity index (χ0v) is 29.2. The third kappa shape index (κ3) is 7.02. The fourth-order valence-electron chi connectivity index (χ4n) is 5.73. The number of ether oxygens (including phenoxy) is 2. The predicted molar refractivity (Wildman–Crippen MR) is 182 cm³/mol. The predicted octanol–water partition coefficient (Wildman–Crippen LogP) is 6.92. The van der Waals surface area contributed by atoms with Gasteiger partial charge in [-0.3, -0.25) is 9.55 Å². The molecule has 248 valence electrons. The molecule has 0 bridgehead atoms. The topological polar surface area (TPSA) is 107 Å². The lowest BCUT2D eigenvalue weighted by molar-refractivity contribution is 0.0218. The highest BCUT2D eigenvalue weighted by atomic mass is 79.9. The molecule has 12 heteroatoms. The van der Waals surface area contributed by atoms with Crippen molar-refractivity contribution in [3.05, 3.63) is 91.8 Å². The van der Waals surface area contributed by atoms with Crippen molar-refractivity contribution >= 4 is 44.7 Å². The van der Waals surface area contributed by atoms with Gasteiger partial charge >= 0.3 is 17.8 Å². The quantitative estimate of drug-likeness (QED) is 0.199. The number of aryl methyl sites for hydroxylation is 1. The molecule has 0 aliphatic carbocycles.